The largest absolute Gasteiger partial charge is 0.207 e. The fourth-order valence-corrected chi connectivity index (χ4v) is 6.43. The number of hydrogen-bond acceptors (Lipinski definition) is 0. The zero-order chi connectivity index (χ0) is 24.1. The lowest BCUT2D eigenvalue weighted by Gasteiger charge is -2.29. The Morgan fingerprint density at radius 3 is 1.97 bits per heavy atom. The Kier molecular flexibility index (Phi) is 8.77. The van der Waals surface area contributed by atoms with Gasteiger partial charge in [-0.1, -0.05) is 51.0 Å². The molecule has 2 aromatic rings. The maximum atomic E-state index is 14.9. The Hall–Kier alpha value is -1.77. The lowest BCUT2D eigenvalue weighted by molar-refractivity contribution is 0.307. The molecule has 4 rings (SSSR count). The zero-order valence-corrected chi connectivity index (χ0v) is 21.0. The monoisotopic (exact) mass is 470 g/mol. The Balaban J connectivity index is 1.29. The second-order valence-electron chi connectivity index (χ2n) is 10.9. The van der Waals surface area contributed by atoms with E-state index in [4.69, 9.17) is 0 Å². The summed E-state index contributed by atoms with van der Waals surface area (Å²) >= 11 is 0. The van der Waals surface area contributed by atoms with Gasteiger partial charge in [0.05, 0.1) is 0 Å². The van der Waals surface area contributed by atoms with E-state index in [9.17, 15) is 13.2 Å². The van der Waals surface area contributed by atoms with Gasteiger partial charge in [0.25, 0.3) is 0 Å². The highest BCUT2D eigenvalue weighted by Gasteiger charge is 2.27. The summed E-state index contributed by atoms with van der Waals surface area (Å²) in [7, 11) is 0. The fourth-order valence-electron chi connectivity index (χ4n) is 6.43. The smallest absolute Gasteiger partial charge is 0.162 e. The third-order valence-corrected chi connectivity index (χ3v) is 8.79. The topological polar surface area (TPSA) is 0 Å². The van der Waals surface area contributed by atoms with Crippen LogP contribution in [0.5, 0.6) is 0 Å². The Bertz CT molecular complexity index is 934. The molecule has 0 atom stereocenters. The highest BCUT2D eigenvalue weighted by Crippen LogP contribution is 2.40. The third-order valence-electron chi connectivity index (χ3n) is 8.79. The van der Waals surface area contributed by atoms with Gasteiger partial charge in [0.15, 0.2) is 11.6 Å². The summed E-state index contributed by atoms with van der Waals surface area (Å²) in [6, 6.07) is 9.50. The first-order valence-electron chi connectivity index (χ1n) is 13.7. The number of hydrogen-bond donors (Lipinski definition) is 0. The fraction of sp³-hybridized carbons (Fsp3) is 0.613. The van der Waals surface area contributed by atoms with Crippen LogP contribution in [0.3, 0.4) is 0 Å². The van der Waals surface area contributed by atoms with Crippen molar-refractivity contribution in [3.05, 3.63) is 70.0 Å². The molecule has 34 heavy (non-hydrogen) atoms. The summed E-state index contributed by atoms with van der Waals surface area (Å²) in [5.74, 6) is 0.576. The van der Waals surface area contributed by atoms with Gasteiger partial charge in [0.1, 0.15) is 5.82 Å². The van der Waals surface area contributed by atoms with Crippen LogP contribution in [-0.2, 0) is 12.8 Å². The van der Waals surface area contributed by atoms with Crippen LogP contribution in [0.15, 0.2) is 30.3 Å². The van der Waals surface area contributed by atoms with Gasteiger partial charge in [-0.25, -0.2) is 13.2 Å². The molecule has 0 amide bonds. The molecule has 2 aliphatic rings. The van der Waals surface area contributed by atoms with Crippen molar-refractivity contribution in [2.45, 2.75) is 109 Å². The molecule has 2 saturated carbocycles. The molecule has 0 saturated heterocycles. The maximum Gasteiger partial charge on any atom is 0.162 e. The van der Waals surface area contributed by atoms with Crippen LogP contribution < -0.4 is 0 Å². The lowest BCUT2D eigenvalue weighted by atomic mass is 9.76. The highest BCUT2D eigenvalue weighted by atomic mass is 19.2. The maximum absolute atomic E-state index is 14.9. The van der Waals surface area contributed by atoms with Gasteiger partial charge < -0.3 is 0 Å². The molecule has 2 aliphatic carbocycles. The molecular weight excluding hydrogens is 429 g/mol. The third kappa shape index (κ3) is 5.89. The summed E-state index contributed by atoms with van der Waals surface area (Å²) < 4.78 is 44.2. The van der Waals surface area contributed by atoms with Gasteiger partial charge in [-0.3, -0.25) is 0 Å². The zero-order valence-electron chi connectivity index (χ0n) is 21.0. The average molecular weight is 471 g/mol. The minimum Gasteiger partial charge on any atom is -0.207 e. The van der Waals surface area contributed by atoms with E-state index in [0.29, 0.717) is 29.4 Å². The second-order valence-corrected chi connectivity index (χ2v) is 10.9. The molecule has 0 radical (unpaired) electrons. The lowest BCUT2D eigenvalue weighted by Crippen LogP contribution is -2.16. The Morgan fingerprint density at radius 1 is 0.676 bits per heavy atom. The molecule has 0 aromatic heterocycles. The van der Waals surface area contributed by atoms with Crippen LogP contribution in [0.25, 0.3) is 0 Å². The first kappa shape index (κ1) is 25.3. The van der Waals surface area contributed by atoms with Gasteiger partial charge >= 0.3 is 0 Å². The quantitative estimate of drug-likeness (QED) is 0.360. The van der Waals surface area contributed by atoms with Crippen LogP contribution >= 0.6 is 0 Å². The molecule has 0 heterocycles. The number of benzene rings is 2. The SMILES string of the molecule is CCCc1ccc(C2CCC(CCc3ccc(C4CCC(CC)CC4)c(F)c3F)CC2)cc1F. The van der Waals surface area contributed by atoms with E-state index in [2.05, 4.69) is 19.9 Å². The van der Waals surface area contributed by atoms with E-state index >= 15 is 0 Å². The number of halogens is 3. The predicted octanol–water partition coefficient (Wildman–Crippen LogP) is 9.65. The number of rotatable bonds is 8. The summed E-state index contributed by atoms with van der Waals surface area (Å²) in [6.45, 7) is 4.29. The van der Waals surface area contributed by atoms with Crippen molar-refractivity contribution >= 4 is 0 Å². The van der Waals surface area contributed by atoms with Crippen LogP contribution in [0.4, 0.5) is 13.2 Å². The molecule has 186 valence electrons. The molecule has 2 fully saturated rings. The molecule has 0 nitrogen and oxygen atoms in total. The minimum absolute atomic E-state index is 0.0687. The molecular formula is C31H41F3. The van der Waals surface area contributed by atoms with E-state index < -0.39 is 11.6 Å². The van der Waals surface area contributed by atoms with E-state index in [1.54, 1.807) is 6.07 Å². The van der Waals surface area contributed by atoms with E-state index in [-0.39, 0.29) is 11.7 Å². The van der Waals surface area contributed by atoms with Crippen LogP contribution in [0, 0.1) is 29.3 Å². The van der Waals surface area contributed by atoms with Crippen molar-refractivity contribution in [2.24, 2.45) is 11.8 Å². The Labute approximate surface area is 204 Å². The first-order valence-corrected chi connectivity index (χ1v) is 13.7. The summed E-state index contributed by atoms with van der Waals surface area (Å²) in [4.78, 5) is 0. The molecule has 2 aromatic carbocycles. The molecule has 0 spiro atoms. The van der Waals surface area contributed by atoms with Crippen LogP contribution in [0.2, 0.25) is 0 Å². The van der Waals surface area contributed by atoms with E-state index in [0.717, 1.165) is 87.7 Å². The van der Waals surface area contributed by atoms with Gasteiger partial charge in [-0.2, -0.15) is 0 Å². The molecule has 0 unspecified atom stereocenters. The number of aryl methyl sites for hydroxylation is 2. The highest BCUT2D eigenvalue weighted by molar-refractivity contribution is 5.30. The molecule has 0 N–H and O–H groups in total. The van der Waals surface area contributed by atoms with E-state index in [1.807, 2.05) is 18.2 Å². The standard InChI is InChI=1S/C31H41F3/c1-3-5-25-16-17-27(20-29(25)32)23-11-8-22(9-12-23)10-15-26-18-19-28(31(34)30(26)33)24-13-6-21(4-2)7-14-24/h16-24H,3-15H2,1-2H3. The van der Waals surface area contributed by atoms with E-state index in [1.165, 1.54) is 6.42 Å². The first-order chi connectivity index (χ1) is 16.5. The summed E-state index contributed by atoms with van der Waals surface area (Å²) in [6.07, 6.45) is 12.9. The van der Waals surface area contributed by atoms with Gasteiger partial charge in [0.2, 0.25) is 0 Å². The van der Waals surface area contributed by atoms with Crippen molar-refractivity contribution in [2.75, 3.05) is 0 Å². The summed E-state index contributed by atoms with van der Waals surface area (Å²) in [5.41, 5.74) is 3.05. The van der Waals surface area contributed by atoms with Crippen molar-refractivity contribution in [1.82, 2.24) is 0 Å². The van der Waals surface area contributed by atoms with Gasteiger partial charge in [0, 0.05) is 0 Å². The van der Waals surface area contributed by atoms with Gasteiger partial charge in [-0.15, -0.1) is 0 Å². The Morgan fingerprint density at radius 2 is 1.32 bits per heavy atom. The molecule has 0 aliphatic heterocycles. The second kappa shape index (κ2) is 11.8. The van der Waals surface area contributed by atoms with Crippen molar-refractivity contribution in [3.8, 4) is 0 Å². The average Bonchev–Trinajstić information content (AvgIpc) is 2.87. The van der Waals surface area contributed by atoms with Gasteiger partial charge in [-0.05, 0) is 123 Å². The summed E-state index contributed by atoms with van der Waals surface area (Å²) in [5, 5.41) is 0. The normalized spacial score (nSPS) is 25.4. The minimum atomic E-state index is -0.619. The molecule has 0 bridgehead atoms. The predicted molar refractivity (Wildman–Crippen MR) is 135 cm³/mol. The van der Waals surface area contributed by atoms with Crippen molar-refractivity contribution in [1.29, 1.82) is 0 Å². The molecule has 3 heteroatoms. The van der Waals surface area contributed by atoms with Crippen molar-refractivity contribution < 1.29 is 13.2 Å². The van der Waals surface area contributed by atoms with Crippen LogP contribution in [-0.4, -0.2) is 0 Å². The van der Waals surface area contributed by atoms with Crippen molar-refractivity contribution in [3.63, 3.8) is 0 Å². The van der Waals surface area contributed by atoms with Crippen LogP contribution in [0.1, 0.15) is 119 Å².